The largest absolute Gasteiger partial charge is 0.368 e. The number of hydrogen-bond donors (Lipinski definition) is 2. The molecule has 0 unspecified atom stereocenters. The summed E-state index contributed by atoms with van der Waals surface area (Å²) in [7, 11) is 1.94. The molecule has 3 heterocycles. The molecule has 3 rings (SSSR count). The number of piperazine rings is 1. The van der Waals surface area contributed by atoms with Crippen molar-refractivity contribution in [2.24, 2.45) is 0 Å². The Morgan fingerprint density at radius 2 is 2.04 bits per heavy atom. The van der Waals surface area contributed by atoms with E-state index in [1.165, 1.54) is 4.88 Å². The third-order valence-electron chi connectivity index (χ3n) is 4.19. The molecule has 8 heteroatoms. The van der Waals surface area contributed by atoms with Gasteiger partial charge in [0.2, 0.25) is 12.4 Å². The number of fused-ring (bicyclic) bond motifs is 1. The molecule has 1 fully saturated rings. The standard InChI is InChI=1S/C16H24N6OS/c1-3-12-10-13-14(18-5-4-17-2)19-16(20-15(13)24-12)22-8-6-21(11-23)7-9-22/h10-11,17H,3-9H2,1-2H3,(H,18,19,20). The van der Waals surface area contributed by atoms with E-state index in [2.05, 4.69) is 28.5 Å². The molecule has 7 nitrogen and oxygen atoms in total. The van der Waals surface area contributed by atoms with Crippen LogP contribution in [0, 0.1) is 0 Å². The Labute approximate surface area is 146 Å². The van der Waals surface area contributed by atoms with E-state index in [-0.39, 0.29) is 0 Å². The second-order valence-electron chi connectivity index (χ2n) is 5.82. The molecule has 2 aromatic rings. The minimum absolute atomic E-state index is 0.720. The van der Waals surface area contributed by atoms with Gasteiger partial charge < -0.3 is 20.4 Å². The molecule has 1 amide bonds. The summed E-state index contributed by atoms with van der Waals surface area (Å²) in [5.74, 6) is 1.66. The molecule has 130 valence electrons. The van der Waals surface area contributed by atoms with Crippen molar-refractivity contribution >= 4 is 39.7 Å². The number of amides is 1. The van der Waals surface area contributed by atoms with E-state index in [0.717, 1.165) is 74.1 Å². The van der Waals surface area contributed by atoms with E-state index < -0.39 is 0 Å². The lowest BCUT2D eigenvalue weighted by Crippen LogP contribution is -2.46. The Morgan fingerprint density at radius 3 is 2.71 bits per heavy atom. The van der Waals surface area contributed by atoms with Gasteiger partial charge in [-0.3, -0.25) is 4.79 Å². The van der Waals surface area contributed by atoms with Crippen LogP contribution in [0.2, 0.25) is 0 Å². The van der Waals surface area contributed by atoms with Gasteiger partial charge in [0, 0.05) is 44.1 Å². The Bertz CT molecular complexity index is 695. The van der Waals surface area contributed by atoms with Crippen LogP contribution in [0.3, 0.4) is 0 Å². The average Bonchev–Trinajstić information content (AvgIpc) is 3.05. The highest BCUT2D eigenvalue weighted by Crippen LogP contribution is 2.31. The number of aromatic nitrogens is 2. The van der Waals surface area contributed by atoms with Gasteiger partial charge in [0.1, 0.15) is 10.6 Å². The first-order valence-electron chi connectivity index (χ1n) is 8.38. The van der Waals surface area contributed by atoms with Crippen LogP contribution in [0.25, 0.3) is 10.2 Å². The Kier molecular flexibility index (Phi) is 5.47. The third-order valence-corrected chi connectivity index (χ3v) is 5.37. The number of likely N-dealkylation sites (N-methyl/N-ethyl adjacent to an activating group) is 1. The molecule has 1 saturated heterocycles. The lowest BCUT2D eigenvalue weighted by Gasteiger charge is -2.32. The summed E-state index contributed by atoms with van der Waals surface area (Å²) in [6.45, 7) is 6.84. The number of carbonyl (C=O) groups excluding carboxylic acids is 1. The lowest BCUT2D eigenvalue weighted by molar-refractivity contribution is -0.118. The Hall–Kier alpha value is -1.93. The van der Waals surface area contributed by atoms with E-state index in [0.29, 0.717) is 0 Å². The summed E-state index contributed by atoms with van der Waals surface area (Å²) in [4.78, 5) is 26.7. The van der Waals surface area contributed by atoms with Crippen molar-refractivity contribution in [3.05, 3.63) is 10.9 Å². The number of nitrogens with one attached hydrogen (secondary N) is 2. The van der Waals surface area contributed by atoms with Crippen molar-refractivity contribution < 1.29 is 4.79 Å². The number of nitrogens with zero attached hydrogens (tertiary/aromatic N) is 4. The van der Waals surface area contributed by atoms with Gasteiger partial charge in [-0.2, -0.15) is 4.98 Å². The predicted octanol–water partition coefficient (Wildman–Crippen LogP) is 1.16. The number of hydrogen-bond acceptors (Lipinski definition) is 7. The van der Waals surface area contributed by atoms with Crippen molar-refractivity contribution in [1.82, 2.24) is 20.2 Å². The minimum atomic E-state index is 0.720. The van der Waals surface area contributed by atoms with Crippen molar-refractivity contribution in [3.8, 4) is 0 Å². The normalized spacial score (nSPS) is 15.1. The van der Waals surface area contributed by atoms with Gasteiger partial charge >= 0.3 is 0 Å². The number of aryl methyl sites for hydroxylation is 1. The second kappa shape index (κ2) is 7.76. The van der Waals surface area contributed by atoms with E-state index in [4.69, 9.17) is 9.97 Å². The summed E-state index contributed by atoms with van der Waals surface area (Å²) in [5, 5.41) is 7.66. The Balaban J connectivity index is 1.88. The van der Waals surface area contributed by atoms with Gasteiger partial charge in [-0.1, -0.05) is 6.92 Å². The topological polar surface area (TPSA) is 73.4 Å². The van der Waals surface area contributed by atoms with Gasteiger partial charge in [-0.15, -0.1) is 11.3 Å². The first-order valence-corrected chi connectivity index (χ1v) is 9.20. The molecule has 1 aliphatic heterocycles. The molecule has 2 N–H and O–H groups in total. The molecule has 0 atom stereocenters. The molecule has 0 saturated carbocycles. The molecule has 2 aromatic heterocycles. The number of thiophene rings is 1. The SMILES string of the molecule is CCc1cc2c(NCCNC)nc(N3CCN(C=O)CC3)nc2s1. The molecule has 0 aliphatic carbocycles. The third kappa shape index (κ3) is 3.59. The fourth-order valence-electron chi connectivity index (χ4n) is 2.74. The maximum atomic E-state index is 10.9. The highest BCUT2D eigenvalue weighted by atomic mass is 32.1. The van der Waals surface area contributed by atoms with Gasteiger partial charge in [-0.05, 0) is 19.5 Å². The molecular weight excluding hydrogens is 324 g/mol. The number of rotatable bonds is 7. The first-order chi connectivity index (χ1) is 11.7. The molecule has 0 radical (unpaired) electrons. The number of carbonyl (C=O) groups is 1. The molecule has 0 aromatic carbocycles. The van der Waals surface area contributed by atoms with Gasteiger partial charge in [-0.25, -0.2) is 4.98 Å². The van der Waals surface area contributed by atoms with Crippen molar-refractivity contribution in [2.45, 2.75) is 13.3 Å². The van der Waals surface area contributed by atoms with Crippen LogP contribution in [0.4, 0.5) is 11.8 Å². The maximum absolute atomic E-state index is 10.9. The molecule has 24 heavy (non-hydrogen) atoms. The van der Waals surface area contributed by atoms with Gasteiger partial charge in [0.25, 0.3) is 0 Å². The molecule has 1 aliphatic rings. The van der Waals surface area contributed by atoms with Gasteiger partial charge in [0.05, 0.1) is 5.39 Å². The van der Waals surface area contributed by atoms with Crippen LogP contribution >= 0.6 is 11.3 Å². The summed E-state index contributed by atoms with van der Waals surface area (Å²) >= 11 is 1.73. The van der Waals surface area contributed by atoms with Crippen LogP contribution < -0.4 is 15.5 Å². The molecular formula is C16H24N6OS. The van der Waals surface area contributed by atoms with Crippen molar-refractivity contribution in [2.75, 3.05) is 56.5 Å². The summed E-state index contributed by atoms with van der Waals surface area (Å²) in [5.41, 5.74) is 0. The van der Waals surface area contributed by atoms with Crippen LogP contribution in [0.1, 0.15) is 11.8 Å². The van der Waals surface area contributed by atoms with E-state index in [1.54, 1.807) is 16.2 Å². The van der Waals surface area contributed by atoms with E-state index >= 15 is 0 Å². The van der Waals surface area contributed by atoms with Crippen LogP contribution in [0.5, 0.6) is 0 Å². The fourth-order valence-corrected chi connectivity index (χ4v) is 3.71. The van der Waals surface area contributed by atoms with Gasteiger partial charge in [0.15, 0.2) is 0 Å². The second-order valence-corrected chi connectivity index (χ2v) is 6.93. The minimum Gasteiger partial charge on any atom is -0.368 e. The maximum Gasteiger partial charge on any atom is 0.228 e. The van der Waals surface area contributed by atoms with Crippen LogP contribution in [-0.2, 0) is 11.2 Å². The quantitative estimate of drug-likeness (QED) is 0.578. The zero-order valence-corrected chi connectivity index (χ0v) is 15.0. The Morgan fingerprint density at radius 1 is 1.25 bits per heavy atom. The molecule has 0 spiro atoms. The number of anilines is 2. The lowest BCUT2D eigenvalue weighted by atomic mass is 10.3. The predicted molar refractivity (Wildman–Crippen MR) is 99.1 cm³/mol. The van der Waals surface area contributed by atoms with Crippen molar-refractivity contribution in [3.63, 3.8) is 0 Å². The zero-order valence-electron chi connectivity index (χ0n) is 14.2. The average molecular weight is 348 g/mol. The first kappa shape index (κ1) is 16.9. The summed E-state index contributed by atoms with van der Waals surface area (Å²) in [6.07, 6.45) is 1.92. The zero-order chi connectivity index (χ0) is 16.9. The monoisotopic (exact) mass is 348 g/mol. The van der Waals surface area contributed by atoms with E-state index in [1.807, 2.05) is 7.05 Å². The smallest absolute Gasteiger partial charge is 0.228 e. The highest BCUT2D eigenvalue weighted by Gasteiger charge is 2.20. The van der Waals surface area contributed by atoms with Crippen LogP contribution in [-0.4, -0.2) is 67.6 Å². The fraction of sp³-hybridized carbons (Fsp3) is 0.562. The van der Waals surface area contributed by atoms with Crippen molar-refractivity contribution in [1.29, 1.82) is 0 Å². The molecule has 0 bridgehead atoms. The van der Waals surface area contributed by atoms with E-state index in [9.17, 15) is 4.79 Å². The summed E-state index contributed by atoms with van der Waals surface area (Å²) < 4.78 is 0. The summed E-state index contributed by atoms with van der Waals surface area (Å²) in [6, 6.07) is 2.19. The van der Waals surface area contributed by atoms with Crippen LogP contribution in [0.15, 0.2) is 6.07 Å². The highest BCUT2D eigenvalue weighted by molar-refractivity contribution is 7.18.